The molecule has 0 heterocycles. The fourth-order valence-electron chi connectivity index (χ4n) is 2.67. The Kier molecular flexibility index (Phi) is 0.552. The van der Waals surface area contributed by atoms with E-state index in [2.05, 4.69) is 12.2 Å². The summed E-state index contributed by atoms with van der Waals surface area (Å²) in [6, 6.07) is 0. The monoisotopic (exact) mass is 122 g/mol. The Labute approximate surface area is 54.4 Å². The third-order valence-electron chi connectivity index (χ3n) is 3.39. The molecule has 0 spiro atoms. The van der Waals surface area contributed by atoms with Crippen molar-refractivity contribution in [2.45, 2.75) is 12.5 Å². The Morgan fingerprint density at radius 1 is 1.22 bits per heavy atom. The third kappa shape index (κ3) is 0.304. The molecular formula is C8H10O. The number of aliphatic hydroxyl groups is 1. The minimum atomic E-state index is 0.0567. The van der Waals surface area contributed by atoms with Gasteiger partial charge in [0.05, 0.1) is 6.10 Å². The van der Waals surface area contributed by atoms with E-state index in [1.807, 2.05) is 0 Å². The molecule has 0 amide bonds. The van der Waals surface area contributed by atoms with Crippen molar-refractivity contribution in [1.82, 2.24) is 0 Å². The predicted molar refractivity (Wildman–Crippen MR) is 33.7 cm³/mol. The van der Waals surface area contributed by atoms with Gasteiger partial charge in [0.25, 0.3) is 0 Å². The van der Waals surface area contributed by atoms with Crippen molar-refractivity contribution < 1.29 is 5.11 Å². The van der Waals surface area contributed by atoms with Gasteiger partial charge >= 0.3 is 0 Å². The van der Waals surface area contributed by atoms with Crippen LogP contribution in [0.15, 0.2) is 12.2 Å². The molecule has 1 heteroatoms. The second-order valence-electron chi connectivity index (χ2n) is 3.58. The van der Waals surface area contributed by atoms with E-state index in [0.717, 1.165) is 24.2 Å². The summed E-state index contributed by atoms with van der Waals surface area (Å²) in [5, 5.41) is 9.23. The highest BCUT2D eigenvalue weighted by Gasteiger charge is 2.61. The zero-order valence-electron chi connectivity index (χ0n) is 5.20. The van der Waals surface area contributed by atoms with Gasteiger partial charge in [-0.2, -0.15) is 0 Å². The number of allylic oxidation sites excluding steroid dienone is 2. The topological polar surface area (TPSA) is 20.2 Å². The Bertz CT molecular complexity index is 185. The van der Waals surface area contributed by atoms with Crippen LogP contribution < -0.4 is 0 Å². The molecule has 0 aromatic heterocycles. The lowest BCUT2D eigenvalue weighted by molar-refractivity contribution is -0.167. The highest BCUT2D eigenvalue weighted by atomic mass is 16.3. The molecule has 3 aliphatic carbocycles. The smallest absolute Gasteiger partial charge is 0.0580 e. The zero-order valence-corrected chi connectivity index (χ0v) is 5.20. The number of hydrogen-bond acceptors (Lipinski definition) is 1. The fourth-order valence-corrected chi connectivity index (χ4v) is 2.67. The minimum Gasteiger partial charge on any atom is -0.393 e. The van der Waals surface area contributed by atoms with Crippen molar-refractivity contribution in [3.05, 3.63) is 12.2 Å². The Hall–Kier alpha value is -0.300. The third-order valence-corrected chi connectivity index (χ3v) is 3.39. The van der Waals surface area contributed by atoms with Crippen LogP contribution in [0.2, 0.25) is 0 Å². The number of rotatable bonds is 0. The number of fused-ring (bicyclic) bond motifs is 4. The maximum absolute atomic E-state index is 9.23. The molecule has 2 saturated carbocycles. The number of aliphatic hydroxyl groups excluding tert-OH is 1. The molecule has 2 fully saturated rings. The summed E-state index contributed by atoms with van der Waals surface area (Å²) < 4.78 is 0. The van der Waals surface area contributed by atoms with Gasteiger partial charge in [0.2, 0.25) is 0 Å². The predicted octanol–water partition coefficient (Wildman–Crippen LogP) is 0.799. The summed E-state index contributed by atoms with van der Waals surface area (Å²) in [7, 11) is 0. The van der Waals surface area contributed by atoms with Gasteiger partial charge in [-0.15, -0.1) is 0 Å². The molecule has 5 atom stereocenters. The van der Waals surface area contributed by atoms with E-state index in [-0.39, 0.29) is 6.10 Å². The molecule has 0 saturated heterocycles. The lowest BCUT2D eigenvalue weighted by Gasteiger charge is -2.64. The van der Waals surface area contributed by atoms with E-state index in [4.69, 9.17) is 0 Å². The molecule has 0 radical (unpaired) electrons. The highest BCUT2D eigenvalue weighted by molar-refractivity contribution is 5.26. The van der Waals surface area contributed by atoms with Crippen molar-refractivity contribution >= 4 is 0 Å². The van der Waals surface area contributed by atoms with Gasteiger partial charge in [0, 0.05) is 0 Å². The molecular weight excluding hydrogens is 112 g/mol. The SMILES string of the molecule is O[C@H]1C[C@@H]2[C@@H]3C=C[C@H]3[C@H]21. The maximum atomic E-state index is 9.23. The Morgan fingerprint density at radius 3 is 2.33 bits per heavy atom. The van der Waals surface area contributed by atoms with Crippen LogP contribution in [-0.4, -0.2) is 11.2 Å². The lowest BCUT2D eigenvalue weighted by Crippen LogP contribution is -2.62. The first-order valence-corrected chi connectivity index (χ1v) is 3.74. The average molecular weight is 122 g/mol. The van der Waals surface area contributed by atoms with E-state index in [9.17, 15) is 5.11 Å². The van der Waals surface area contributed by atoms with Crippen molar-refractivity contribution in [3.8, 4) is 0 Å². The van der Waals surface area contributed by atoms with Crippen molar-refractivity contribution in [3.63, 3.8) is 0 Å². The van der Waals surface area contributed by atoms with Crippen LogP contribution in [0.1, 0.15) is 6.42 Å². The normalized spacial score (nSPS) is 66.6. The van der Waals surface area contributed by atoms with Gasteiger partial charge < -0.3 is 5.11 Å². The van der Waals surface area contributed by atoms with E-state index in [1.165, 1.54) is 0 Å². The fraction of sp³-hybridized carbons (Fsp3) is 0.750. The molecule has 3 rings (SSSR count). The minimum absolute atomic E-state index is 0.0567. The van der Waals surface area contributed by atoms with Gasteiger partial charge in [0.1, 0.15) is 0 Å². The van der Waals surface area contributed by atoms with Gasteiger partial charge in [-0.3, -0.25) is 0 Å². The quantitative estimate of drug-likeness (QED) is 0.471. The van der Waals surface area contributed by atoms with Crippen LogP contribution >= 0.6 is 0 Å². The number of hydrogen-bond donors (Lipinski definition) is 1. The lowest BCUT2D eigenvalue weighted by atomic mass is 9.42. The summed E-state index contributed by atoms with van der Waals surface area (Å²) in [4.78, 5) is 0. The van der Waals surface area contributed by atoms with E-state index in [0.29, 0.717) is 5.92 Å². The second-order valence-corrected chi connectivity index (χ2v) is 3.58. The maximum Gasteiger partial charge on any atom is 0.0580 e. The molecule has 3 aliphatic rings. The van der Waals surface area contributed by atoms with Crippen molar-refractivity contribution in [2.75, 3.05) is 0 Å². The van der Waals surface area contributed by atoms with Crippen LogP contribution in [0.4, 0.5) is 0 Å². The largest absolute Gasteiger partial charge is 0.393 e. The zero-order chi connectivity index (χ0) is 6.01. The highest BCUT2D eigenvalue weighted by Crippen LogP contribution is 2.63. The van der Waals surface area contributed by atoms with Gasteiger partial charge in [0.15, 0.2) is 0 Å². The molecule has 0 aliphatic heterocycles. The van der Waals surface area contributed by atoms with Crippen LogP contribution in [-0.2, 0) is 0 Å². The second kappa shape index (κ2) is 1.10. The molecule has 0 aromatic rings. The molecule has 9 heavy (non-hydrogen) atoms. The van der Waals surface area contributed by atoms with E-state index < -0.39 is 0 Å². The summed E-state index contributed by atoms with van der Waals surface area (Å²) in [5.41, 5.74) is 0. The van der Waals surface area contributed by atoms with Gasteiger partial charge in [-0.1, -0.05) is 12.2 Å². The van der Waals surface area contributed by atoms with Crippen molar-refractivity contribution in [1.29, 1.82) is 0 Å². The molecule has 0 bridgehead atoms. The Balaban J connectivity index is 1.90. The molecule has 0 aromatic carbocycles. The first-order chi connectivity index (χ1) is 4.38. The summed E-state index contributed by atoms with van der Waals surface area (Å²) in [6.07, 6.45) is 5.70. The Morgan fingerprint density at radius 2 is 2.00 bits per heavy atom. The van der Waals surface area contributed by atoms with Crippen LogP contribution in [0.25, 0.3) is 0 Å². The van der Waals surface area contributed by atoms with Crippen LogP contribution in [0.5, 0.6) is 0 Å². The van der Waals surface area contributed by atoms with Crippen LogP contribution in [0, 0.1) is 23.7 Å². The van der Waals surface area contributed by atoms with Crippen molar-refractivity contribution in [2.24, 2.45) is 23.7 Å². The average Bonchev–Trinajstić information content (AvgIpc) is 1.79. The summed E-state index contributed by atoms with van der Waals surface area (Å²) in [6.45, 7) is 0. The van der Waals surface area contributed by atoms with Gasteiger partial charge in [-0.05, 0) is 30.1 Å². The summed E-state index contributed by atoms with van der Waals surface area (Å²) in [5.74, 6) is 3.24. The molecule has 1 nitrogen and oxygen atoms in total. The summed E-state index contributed by atoms with van der Waals surface area (Å²) >= 11 is 0. The first-order valence-electron chi connectivity index (χ1n) is 3.74. The first kappa shape index (κ1) is 4.51. The molecule has 48 valence electrons. The molecule has 0 unspecified atom stereocenters. The molecule has 1 N–H and O–H groups in total. The standard InChI is InChI=1S/C8H10O/c9-7-3-6-4-1-2-5(4)8(6)7/h1-2,4-9H,3H2/t4-,5-,6-,7+,8-/m1/s1. The van der Waals surface area contributed by atoms with Gasteiger partial charge in [-0.25, -0.2) is 0 Å². The van der Waals surface area contributed by atoms with E-state index in [1.54, 1.807) is 0 Å². The van der Waals surface area contributed by atoms with E-state index >= 15 is 0 Å². The van der Waals surface area contributed by atoms with Crippen LogP contribution in [0.3, 0.4) is 0 Å².